The van der Waals surface area contributed by atoms with E-state index in [9.17, 15) is 0 Å². The highest BCUT2D eigenvalue weighted by molar-refractivity contribution is 8.14. The zero-order valence-corrected chi connectivity index (χ0v) is 11.2. The summed E-state index contributed by atoms with van der Waals surface area (Å²) < 4.78 is 0. The fourth-order valence-corrected chi connectivity index (χ4v) is 3.94. The topological polar surface area (TPSA) is 23.9 Å². The summed E-state index contributed by atoms with van der Waals surface area (Å²) in [4.78, 5) is 0. The third-order valence-corrected chi connectivity index (χ3v) is 4.78. The zero-order chi connectivity index (χ0) is 11.8. The van der Waals surface area contributed by atoms with Gasteiger partial charge in [-0.25, -0.2) is 0 Å². The number of hydrogen-bond donors (Lipinski definition) is 1. The minimum atomic E-state index is -0.0427. The summed E-state index contributed by atoms with van der Waals surface area (Å²) in [5.41, 5.74) is 1.12. The Morgan fingerprint density at radius 2 is 2.06 bits per heavy atom. The number of hydrogen-bond acceptors (Lipinski definition) is 2. The lowest BCUT2D eigenvalue weighted by molar-refractivity contribution is 0.405. The zero-order valence-electron chi connectivity index (χ0n) is 9.59. The number of nitrogens with one attached hydrogen (secondary N) is 1. The second kappa shape index (κ2) is 4.42. The van der Waals surface area contributed by atoms with Gasteiger partial charge in [-0.15, -0.1) is 11.8 Å². The lowest BCUT2D eigenvalue weighted by Gasteiger charge is -2.32. The molecule has 0 amide bonds. The number of rotatable bonds is 2. The summed E-state index contributed by atoms with van der Waals surface area (Å²) in [6.45, 7) is 4.39. The summed E-state index contributed by atoms with van der Waals surface area (Å²) in [7, 11) is 0. The molecule has 1 heterocycles. The molecule has 0 aromatic heterocycles. The van der Waals surface area contributed by atoms with E-state index in [0.717, 1.165) is 27.8 Å². The quantitative estimate of drug-likeness (QED) is 0.833. The van der Waals surface area contributed by atoms with Gasteiger partial charge in [0.15, 0.2) is 0 Å². The van der Waals surface area contributed by atoms with Crippen molar-refractivity contribution in [2.45, 2.75) is 25.7 Å². The van der Waals surface area contributed by atoms with Gasteiger partial charge in [0.1, 0.15) is 0 Å². The summed E-state index contributed by atoms with van der Waals surface area (Å²) >= 11 is 7.93. The van der Waals surface area contributed by atoms with E-state index in [1.807, 2.05) is 18.2 Å². The van der Waals surface area contributed by atoms with Crippen LogP contribution >= 0.6 is 23.4 Å². The molecule has 16 heavy (non-hydrogen) atoms. The number of benzene rings is 1. The Morgan fingerprint density at radius 1 is 1.38 bits per heavy atom. The van der Waals surface area contributed by atoms with Gasteiger partial charge in [0.05, 0.1) is 5.04 Å². The molecule has 2 rings (SSSR count). The first kappa shape index (κ1) is 12.0. The molecule has 1 saturated heterocycles. The number of halogens is 1. The van der Waals surface area contributed by atoms with Crippen molar-refractivity contribution in [2.24, 2.45) is 5.92 Å². The fourth-order valence-electron chi connectivity index (χ4n) is 2.38. The van der Waals surface area contributed by atoms with Crippen molar-refractivity contribution in [3.63, 3.8) is 0 Å². The molecule has 1 N–H and O–H groups in total. The first-order valence-corrected chi connectivity index (χ1v) is 6.86. The Morgan fingerprint density at radius 3 is 2.62 bits per heavy atom. The standard InChI is InChI=1S/C13H16ClNS/c1-13(2,10-7-8-16-12(10)15)9-5-3-4-6-11(9)14/h3-6,10,15H,7-8H2,1-2H3. The molecule has 1 aliphatic heterocycles. The van der Waals surface area contributed by atoms with Crippen LogP contribution in [-0.4, -0.2) is 10.8 Å². The van der Waals surface area contributed by atoms with Crippen molar-refractivity contribution in [3.8, 4) is 0 Å². The van der Waals surface area contributed by atoms with E-state index < -0.39 is 0 Å². The lowest BCUT2D eigenvalue weighted by Crippen LogP contribution is -2.31. The Hall–Kier alpha value is -0.470. The Kier molecular flexibility index (Phi) is 3.32. The van der Waals surface area contributed by atoms with Gasteiger partial charge in [-0.2, -0.15) is 0 Å². The van der Waals surface area contributed by atoms with E-state index in [2.05, 4.69) is 19.9 Å². The van der Waals surface area contributed by atoms with Gasteiger partial charge in [-0.1, -0.05) is 43.6 Å². The smallest absolute Gasteiger partial charge is 0.0681 e. The second-order valence-electron chi connectivity index (χ2n) is 4.76. The minimum Gasteiger partial charge on any atom is -0.298 e. The molecule has 86 valence electrons. The molecule has 0 bridgehead atoms. The lowest BCUT2D eigenvalue weighted by atomic mass is 9.73. The molecule has 1 fully saturated rings. The van der Waals surface area contributed by atoms with Gasteiger partial charge >= 0.3 is 0 Å². The molecule has 0 aliphatic carbocycles. The van der Waals surface area contributed by atoms with Gasteiger partial charge in [0, 0.05) is 16.4 Å². The highest BCUT2D eigenvalue weighted by Crippen LogP contribution is 2.43. The van der Waals surface area contributed by atoms with Gasteiger partial charge < -0.3 is 0 Å². The van der Waals surface area contributed by atoms with Crippen molar-refractivity contribution in [3.05, 3.63) is 34.9 Å². The maximum absolute atomic E-state index is 8.00. The third kappa shape index (κ3) is 2.01. The molecule has 1 unspecified atom stereocenters. The van der Waals surface area contributed by atoms with Crippen LogP contribution in [-0.2, 0) is 5.41 Å². The van der Waals surface area contributed by atoms with Crippen LogP contribution < -0.4 is 0 Å². The maximum Gasteiger partial charge on any atom is 0.0681 e. The van der Waals surface area contributed by atoms with E-state index >= 15 is 0 Å². The average Bonchev–Trinajstić information content (AvgIpc) is 2.65. The van der Waals surface area contributed by atoms with Crippen molar-refractivity contribution in [2.75, 3.05) is 5.75 Å². The van der Waals surface area contributed by atoms with Crippen molar-refractivity contribution in [1.29, 1.82) is 5.41 Å². The van der Waals surface area contributed by atoms with E-state index in [0.29, 0.717) is 5.92 Å². The van der Waals surface area contributed by atoms with Crippen LogP contribution in [0.5, 0.6) is 0 Å². The monoisotopic (exact) mass is 253 g/mol. The summed E-state index contributed by atoms with van der Waals surface area (Å²) in [6.07, 6.45) is 1.09. The van der Waals surface area contributed by atoms with Crippen molar-refractivity contribution >= 4 is 28.4 Å². The van der Waals surface area contributed by atoms with Gasteiger partial charge in [-0.3, -0.25) is 5.41 Å². The van der Waals surface area contributed by atoms with Gasteiger partial charge in [0.2, 0.25) is 0 Å². The predicted molar refractivity (Wildman–Crippen MR) is 72.8 cm³/mol. The largest absolute Gasteiger partial charge is 0.298 e. The molecule has 1 nitrogen and oxygen atoms in total. The van der Waals surface area contributed by atoms with E-state index in [1.54, 1.807) is 11.8 Å². The first-order chi connectivity index (χ1) is 7.53. The predicted octanol–water partition coefficient (Wildman–Crippen LogP) is 4.35. The van der Waals surface area contributed by atoms with Gasteiger partial charge in [-0.05, 0) is 23.8 Å². The second-order valence-corrected chi connectivity index (χ2v) is 6.30. The Balaban J connectivity index is 2.38. The molecular weight excluding hydrogens is 238 g/mol. The highest BCUT2D eigenvalue weighted by Gasteiger charge is 2.38. The molecule has 1 aliphatic rings. The SMILES string of the molecule is CC(C)(c1ccccc1Cl)C1CCSC1=N. The Bertz CT molecular complexity index is 414. The Labute approximate surface area is 106 Å². The van der Waals surface area contributed by atoms with Crippen LogP contribution in [0.4, 0.5) is 0 Å². The molecule has 0 spiro atoms. The number of thioether (sulfide) groups is 1. The highest BCUT2D eigenvalue weighted by atomic mass is 35.5. The van der Waals surface area contributed by atoms with E-state index in [4.69, 9.17) is 17.0 Å². The third-order valence-electron chi connectivity index (χ3n) is 3.42. The van der Waals surface area contributed by atoms with Crippen molar-refractivity contribution in [1.82, 2.24) is 0 Å². The van der Waals surface area contributed by atoms with Crippen LogP contribution in [0, 0.1) is 11.3 Å². The molecule has 1 aromatic carbocycles. The van der Waals surface area contributed by atoms with E-state index in [-0.39, 0.29) is 5.41 Å². The summed E-state index contributed by atoms with van der Waals surface area (Å²) in [5.74, 6) is 1.38. The van der Waals surface area contributed by atoms with Crippen LogP contribution in [0.1, 0.15) is 25.8 Å². The van der Waals surface area contributed by atoms with E-state index in [1.165, 1.54) is 0 Å². The van der Waals surface area contributed by atoms with Crippen LogP contribution in [0.15, 0.2) is 24.3 Å². The summed E-state index contributed by atoms with van der Waals surface area (Å²) in [6, 6.07) is 7.99. The van der Waals surface area contributed by atoms with Crippen LogP contribution in [0.25, 0.3) is 0 Å². The van der Waals surface area contributed by atoms with Crippen LogP contribution in [0.3, 0.4) is 0 Å². The molecule has 3 heteroatoms. The minimum absolute atomic E-state index is 0.0427. The first-order valence-electron chi connectivity index (χ1n) is 5.49. The molecule has 0 saturated carbocycles. The van der Waals surface area contributed by atoms with Gasteiger partial charge in [0.25, 0.3) is 0 Å². The molecular formula is C13H16ClNS. The molecule has 0 radical (unpaired) electrons. The normalized spacial score (nSPS) is 21.4. The van der Waals surface area contributed by atoms with Crippen LogP contribution in [0.2, 0.25) is 5.02 Å². The average molecular weight is 254 g/mol. The maximum atomic E-state index is 8.00. The summed E-state index contributed by atoms with van der Waals surface area (Å²) in [5, 5.41) is 9.63. The molecule has 1 aromatic rings. The van der Waals surface area contributed by atoms with Crippen molar-refractivity contribution < 1.29 is 0 Å². The molecule has 1 atom stereocenters. The fraction of sp³-hybridized carbons (Fsp3) is 0.462.